The van der Waals surface area contributed by atoms with Crippen molar-refractivity contribution in [2.45, 2.75) is 57.7 Å². The lowest BCUT2D eigenvalue weighted by Gasteiger charge is -2.23. The summed E-state index contributed by atoms with van der Waals surface area (Å²) in [4.78, 5) is 14.5. The summed E-state index contributed by atoms with van der Waals surface area (Å²) in [7, 11) is 1.67. The molecule has 0 spiro atoms. The molecule has 1 fully saturated rings. The lowest BCUT2D eigenvalue weighted by Crippen LogP contribution is -2.32. The first-order valence-corrected chi connectivity index (χ1v) is 7.78. The van der Waals surface area contributed by atoms with Gasteiger partial charge in [-0.2, -0.15) is 0 Å². The van der Waals surface area contributed by atoms with Crippen molar-refractivity contribution in [2.24, 2.45) is 5.73 Å². The zero-order valence-corrected chi connectivity index (χ0v) is 13.0. The molecule has 0 radical (unpaired) electrons. The maximum absolute atomic E-state index is 12.5. The van der Waals surface area contributed by atoms with Gasteiger partial charge in [0.25, 0.3) is 0 Å². The smallest absolute Gasteiger partial charge is 0.223 e. The molecule has 0 saturated heterocycles. The molecule has 1 aliphatic rings. The van der Waals surface area contributed by atoms with E-state index in [-0.39, 0.29) is 11.9 Å². The van der Waals surface area contributed by atoms with E-state index in [0.29, 0.717) is 19.0 Å². The van der Waals surface area contributed by atoms with Crippen LogP contribution in [0.15, 0.2) is 24.3 Å². The molecule has 4 nitrogen and oxygen atoms in total. The number of carbonyl (C=O) groups excluding carboxylic acids is 1. The van der Waals surface area contributed by atoms with Crippen molar-refractivity contribution in [1.29, 1.82) is 0 Å². The highest BCUT2D eigenvalue weighted by Crippen LogP contribution is 2.31. The Kier molecular flexibility index (Phi) is 5.62. The summed E-state index contributed by atoms with van der Waals surface area (Å²) in [6.45, 7) is 2.63. The van der Waals surface area contributed by atoms with E-state index >= 15 is 0 Å². The zero-order chi connectivity index (χ0) is 15.2. The second-order valence-corrected chi connectivity index (χ2v) is 5.93. The summed E-state index contributed by atoms with van der Waals surface area (Å²) in [6.07, 6.45) is 4.60. The minimum Gasteiger partial charge on any atom is -0.496 e. The normalized spacial score (nSPS) is 15.6. The minimum absolute atomic E-state index is 0.168. The summed E-state index contributed by atoms with van der Waals surface area (Å²) >= 11 is 0. The van der Waals surface area contributed by atoms with Crippen LogP contribution in [0.4, 0.5) is 0 Å². The van der Waals surface area contributed by atoms with Gasteiger partial charge in [0, 0.05) is 30.6 Å². The summed E-state index contributed by atoms with van der Waals surface area (Å²) in [5.41, 5.74) is 6.82. The van der Waals surface area contributed by atoms with Gasteiger partial charge in [0.1, 0.15) is 5.75 Å². The third-order valence-electron chi connectivity index (χ3n) is 3.89. The van der Waals surface area contributed by atoms with E-state index in [4.69, 9.17) is 10.5 Å². The van der Waals surface area contributed by atoms with Crippen molar-refractivity contribution in [3.63, 3.8) is 0 Å². The molecule has 2 N–H and O–H groups in total. The van der Waals surface area contributed by atoms with Gasteiger partial charge in [-0.25, -0.2) is 0 Å². The number of methoxy groups -OCH3 is 1. The van der Waals surface area contributed by atoms with E-state index in [0.717, 1.165) is 37.0 Å². The van der Waals surface area contributed by atoms with Crippen molar-refractivity contribution in [2.75, 3.05) is 7.11 Å². The number of hydrogen-bond donors (Lipinski definition) is 1. The number of nitrogens with zero attached hydrogens (tertiary/aromatic N) is 1. The third-order valence-corrected chi connectivity index (χ3v) is 3.89. The lowest BCUT2D eigenvalue weighted by atomic mass is 10.1. The fraction of sp³-hybridized carbons (Fsp3) is 0.588. The van der Waals surface area contributed by atoms with Crippen molar-refractivity contribution >= 4 is 5.91 Å². The van der Waals surface area contributed by atoms with E-state index < -0.39 is 0 Å². The van der Waals surface area contributed by atoms with Crippen LogP contribution in [0.1, 0.15) is 44.6 Å². The van der Waals surface area contributed by atoms with Crippen molar-refractivity contribution < 1.29 is 9.53 Å². The van der Waals surface area contributed by atoms with Crippen molar-refractivity contribution in [3.8, 4) is 5.75 Å². The number of rotatable bonds is 8. The largest absolute Gasteiger partial charge is 0.496 e. The van der Waals surface area contributed by atoms with E-state index in [1.165, 1.54) is 0 Å². The number of para-hydroxylation sites is 1. The molecule has 1 aromatic carbocycles. The number of nitrogens with two attached hydrogens (primary N) is 1. The van der Waals surface area contributed by atoms with Crippen LogP contribution in [0.25, 0.3) is 0 Å². The predicted octanol–water partition coefficient (Wildman–Crippen LogP) is 2.70. The number of carbonyl (C=O) groups is 1. The van der Waals surface area contributed by atoms with Crippen LogP contribution < -0.4 is 10.5 Å². The highest BCUT2D eigenvalue weighted by atomic mass is 16.5. The summed E-state index contributed by atoms with van der Waals surface area (Å²) < 4.78 is 5.38. The number of benzene rings is 1. The molecule has 0 aromatic heterocycles. The van der Waals surface area contributed by atoms with Gasteiger partial charge in [0.05, 0.1) is 7.11 Å². The van der Waals surface area contributed by atoms with Gasteiger partial charge < -0.3 is 15.4 Å². The summed E-state index contributed by atoms with van der Waals surface area (Å²) in [5.74, 6) is 1.09. The molecule has 1 amide bonds. The van der Waals surface area contributed by atoms with Crippen LogP contribution in [0, 0.1) is 0 Å². The Bertz CT molecular complexity index is 470. The molecule has 1 unspecified atom stereocenters. The van der Waals surface area contributed by atoms with E-state index in [2.05, 4.69) is 0 Å². The van der Waals surface area contributed by atoms with Gasteiger partial charge in [-0.05, 0) is 38.7 Å². The Hall–Kier alpha value is -1.55. The monoisotopic (exact) mass is 290 g/mol. The van der Waals surface area contributed by atoms with Gasteiger partial charge in [-0.15, -0.1) is 0 Å². The summed E-state index contributed by atoms with van der Waals surface area (Å²) in [5, 5.41) is 0. The number of ether oxygens (including phenoxy) is 1. The van der Waals surface area contributed by atoms with Gasteiger partial charge in [0.15, 0.2) is 0 Å². The van der Waals surface area contributed by atoms with Crippen LogP contribution in [-0.4, -0.2) is 30.0 Å². The predicted molar refractivity (Wildman–Crippen MR) is 84.1 cm³/mol. The highest BCUT2D eigenvalue weighted by Gasteiger charge is 2.32. The van der Waals surface area contributed by atoms with Crippen molar-refractivity contribution in [1.82, 2.24) is 4.90 Å². The highest BCUT2D eigenvalue weighted by molar-refractivity contribution is 5.77. The average Bonchev–Trinajstić information content (AvgIpc) is 3.29. The van der Waals surface area contributed by atoms with Gasteiger partial charge >= 0.3 is 0 Å². The van der Waals surface area contributed by atoms with Crippen LogP contribution in [0.2, 0.25) is 0 Å². The molecule has 116 valence electrons. The quantitative estimate of drug-likeness (QED) is 0.801. The minimum atomic E-state index is 0.168. The van der Waals surface area contributed by atoms with Gasteiger partial charge in [0.2, 0.25) is 5.91 Å². The molecular weight excluding hydrogens is 264 g/mol. The third kappa shape index (κ3) is 4.74. The molecule has 0 heterocycles. The SMILES string of the molecule is COc1ccccc1CN(C(=O)CCCC(C)N)C1CC1. The Morgan fingerprint density at radius 1 is 1.43 bits per heavy atom. The first-order chi connectivity index (χ1) is 10.1. The Balaban J connectivity index is 1.97. The fourth-order valence-corrected chi connectivity index (χ4v) is 2.54. The Morgan fingerprint density at radius 3 is 2.76 bits per heavy atom. The van der Waals surface area contributed by atoms with E-state index in [1.807, 2.05) is 36.1 Å². The first kappa shape index (κ1) is 15.8. The molecule has 1 aromatic rings. The number of amides is 1. The fourth-order valence-electron chi connectivity index (χ4n) is 2.54. The average molecular weight is 290 g/mol. The molecule has 0 aliphatic heterocycles. The molecule has 1 atom stereocenters. The molecule has 1 saturated carbocycles. The van der Waals surface area contributed by atoms with Gasteiger partial charge in [-0.3, -0.25) is 4.79 Å². The molecule has 0 bridgehead atoms. The van der Waals surface area contributed by atoms with Crippen LogP contribution in [0.5, 0.6) is 5.75 Å². The maximum Gasteiger partial charge on any atom is 0.223 e. The summed E-state index contributed by atoms with van der Waals surface area (Å²) in [6, 6.07) is 8.50. The molecular formula is C17H26N2O2. The maximum atomic E-state index is 12.5. The molecule has 2 rings (SSSR count). The topological polar surface area (TPSA) is 55.6 Å². The van der Waals surface area contributed by atoms with Crippen LogP contribution >= 0.6 is 0 Å². The van der Waals surface area contributed by atoms with Crippen LogP contribution in [-0.2, 0) is 11.3 Å². The molecule has 4 heteroatoms. The van der Waals surface area contributed by atoms with Crippen LogP contribution in [0.3, 0.4) is 0 Å². The Labute approximate surface area is 127 Å². The zero-order valence-electron chi connectivity index (χ0n) is 13.0. The molecule has 21 heavy (non-hydrogen) atoms. The van der Waals surface area contributed by atoms with E-state index in [9.17, 15) is 4.79 Å². The second kappa shape index (κ2) is 7.46. The van der Waals surface area contributed by atoms with E-state index in [1.54, 1.807) is 7.11 Å². The lowest BCUT2D eigenvalue weighted by molar-refractivity contribution is -0.132. The molecule has 1 aliphatic carbocycles. The standard InChI is InChI=1S/C17H26N2O2/c1-13(18)6-5-9-17(20)19(15-10-11-15)12-14-7-3-4-8-16(14)21-2/h3-4,7-8,13,15H,5-6,9-12,18H2,1-2H3. The first-order valence-electron chi connectivity index (χ1n) is 7.78. The Morgan fingerprint density at radius 2 is 2.14 bits per heavy atom. The second-order valence-electron chi connectivity index (χ2n) is 5.93. The van der Waals surface area contributed by atoms with Gasteiger partial charge in [-0.1, -0.05) is 18.2 Å². The number of hydrogen-bond acceptors (Lipinski definition) is 3. The van der Waals surface area contributed by atoms with Crippen molar-refractivity contribution in [3.05, 3.63) is 29.8 Å².